The molecular formula is C13H26N2. The predicted molar refractivity (Wildman–Crippen MR) is 65.0 cm³/mol. The molecule has 2 nitrogen and oxygen atoms in total. The SMILES string of the molecule is CC1CCCCC1NC1CCNCC1C. The summed E-state index contributed by atoms with van der Waals surface area (Å²) in [7, 11) is 0. The molecule has 4 unspecified atom stereocenters. The van der Waals surface area contributed by atoms with Crippen LogP contribution in [0, 0.1) is 11.8 Å². The third-order valence-corrected chi connectivity index (χ3v) is 4.32. The van der Waals surface area contributed by atoms with Crippen LogP contribution in [0.2, 0.25) is 0 Å². The van der Waals surface area contributed by atoms with Gasteiger partial charge in [-0.05, 0) is 44.2 Å². The lowest BCUT2D eigenvalue weighted by Gasteiger charge is -2.37. The van der Waals surface area contributed by atoms with E-state index in [0.717, 1.165) is 23.9 Å². The van der Waals surface area contributed by atoms with E-state index >= 15 is 0 Å². The van der Waals surface area contributed by atoms with Gasteiger partial charge < -0.3 is 10.6 Å². The molecule has 2 heteroatoms. The molecule has 0 radical (unpaired) electrons. The van der Waals surface area contributed by atoms with Crippen molar-refractivity contribution in [2.75, 3.05) is 13.1 Å². The smallest absolute Gasteiger partial charge is 0.0120 e. The van der Waals surface area contributed by atoms with Crippen molar-refractivity contribution in [1.29, 1.82) is 0 Å². The molecule has 1 saturated heterocycles. The third-order valence-electron chi connectivity index (χ3n) is 4.32. The van der Waals surface area contributed by atoms with Crippen molar-refractivity contribution >= 4 is 0 Å². The molecule has 1 heterocycles. The highest BCUT2D eigenvalue weighted by molar-refractivity contribution is 4.86. The van der Waals surface area contributed by atoms with Gasteiger partial charge in [0.2, 0.25) is 0 Å². The molecule has 1 aliphatic carbocycles. The van der Waals surface area contributed by atoms with E-state index in [1.54, 1.807) is 0 Å². The Morgan fingerprint density at radius 1 is 0.933 bits per heavy atom. The second kappa shape index (κ2) is 5.31. The molecular weight excluding hydrogens is 184 g/mol. The van der Waals surface area contributed by atoms with Gasteiger partial charge in [0.15, 0.2) is 0 Å². The Morgan fingerprint density at radius 3 is 2.40 bits per heavy atom. The summed E-state index contributed by atoms with van der Waals surface area (Å²) in [4.78, 5) is 0. The molecule has 4 atom stereocenters. The van der Waals surface area contributed by atoms with E-state index < -0.39 is 0 Å². The number of piperidine rings is 1. The molecule has 0 aromatic rings. The van der Waals surface area contributed by atoms with Gasteiger partial charge in [0.1, 0.15) is 0 Å². The standard InChI is InChI=1S/C13H26N2/c1-10-5-3-4-6-12(10)15-13-7-8-14-9-11(13)2/h10-15H,3-9H2,1-2H3. The van der Waals surface area contributed by atoms with Crippen LogP contribution in [0.15, 0.2) is 0 Å². The Morgan fingerprint density at radius 2 is 1.67 bits per heavy atom. The molecule has 1 saturated carbocycles. The van der Waals surface area contributed by atoms with Crippen molar-refractivity contribution in [2.24, 2.45) is 11.8 Å². The minimum absolute atomic E-state index is 0.761. The van der Waals surface area contributed by atoms with Gasteiger partial charge in [-0.3, -0.25) is 0 Å². The quantitative estimate of drug-likeness (QED) is 0.730. The number of rotatable bonds is 2. The van der Waals surface area contributed by atoms with Crippen LogP contribution in [0.3, 0.4) is 0 Å². The molecule has 88 valence electrons. The average molecular weight is 210 g/mol. The summed E-state index contributed by atoms with van der Waals surface area (Å²) in [6.45, 7) is 7.18. The molecule has 0 aromatic carbocycles. The van der Waals surface area contributed by atoms with E-state index in [1.807, 2.05) is 0 Å². The first-order chi connectivity index (χ1) is 7.27. The molecule has 1 aliphatic heterocycles. The summed E-state index contributed by atoms with van der Waals surface area (Å²) in [5, 5.41) is 7.39. The van der Waals surface area contributed by atoms with Gasteiger partial charge in [-0.1, -0.05) is 26.7 Å². The first kappa shape index (κ1) is 11.4. The van der Waals surface area contributed by atoms with Crippen LogP contribution in [0.5, 0.6) is 0 Å². The Hall–Kier alpha value is -0.0800. The van der Waals surface area contributed by atoms with Crippen molar-refractivity contribution in [2.45, 2.75) is 58.0 Å². The maximum atomic E-state index is 3.92. The Balaban J connectivity index is 1.83. The molecule has 0 amide bonds. The zero-order valence-electron chi connectivity index (χ0n) is 10.3. The maximum absolute atomic E-state index is 3.92. The topological polar surface area (TPSA) is 24.1 Å². The second-order valence-electron chi connectivity index (χ2n) is 5.61. The van der Waals surface area contributed by atoms with Gasteiger partial charge in [0.05, 0.1) is 0 Å². The van der Waals surface area contributed by atoms with Gasteiger partial charge in [-0.2, -0.15) is 0 Å². The lowest BCUT2D eigenvalue weighted by Crippen LogP contribution is -2.51. The molecule has 0 aromatic heterocycles. The van der Waals surface area contributed by atoms with Crippen LogP contribution in [0.4, 0.5) is 0 Å². The van der Waals surface area contributed by atoms with Crippen molar-refractivity contribution in [1.82, 2.24) is 10.6 Å². The molecule has 2 rings (SSSR count). The highest BCUT2D eigenvalue weighted by Gasteiger charge is 2.27. The van der Waals surface area contributed by atoms with Crippen molar-refractivity contribution in [3.63, 3.8) is 0 Å². The van der Waals surface area contributed by atoms with Crippen LogP contribution >= 0.6 is 0 Å². The number of hydrogen-bond donors (Lipinski definition) is 2. The Kier molecular flexibility index (Phi) is 4.04. The highest BCUT2D eigenvalue weighted by Crippen LogP contribution is 2.25. The fourth-order valence-electron chi connectivity index (χ4n) is 3.10. The molecule has 0 bridgehead atoms. The Bertz CT molecular complexity index is 173. The normalized spacial score (nSPS) is 42.8. The van der Waals surface area contributed by atoms with Crippen LogP contribution in [-0.2, 0) is 0 Å². The van der Waals surface area contributed by atoms with E-state index in [9.17, 15) is 0 Å². The molecule has 0 spiro atoms. The zero-order chi connectivity index (χ0) is 10.7. The van der Waals surface area contributed by atoms with Gasteiger partial charge in [0, 0.05) is 12.1 Å². The fourth-order valence-corrected chi connectivity index (χ4v) is 3.10. The summed E-state index contributed by atoms with van der Waals surface area (Å²) in [6.07, 6.45) is 7.02. The summed E-state index contributed by atoms with van der Waals surface area (Å²) in [5.74, 6) is 1.69. The minimum atomic E-state index is 0.761. The molecule has 2 aliphatic rings. The van der Waals surface area contributed by atoms with Crippen molar-refractivity contribution in [3.8, 4) is 0 Å². The summed E-state index contributed by atoms with van der Waals surface area (Å²) >= 11 is 0. The van der Waals surface area contributed by atoms with E-state index in [-0.39, 0.29) is 0 Å². The summed E-state index contributed by atoms with van der Waals surface area (Å²) in [6, 6.07) is 1.56. The van der Waals surface area contributed by atoms with E-state index in [2.05, 4.69) is 24.5 Å². The minimum Gasteiger partial charge on any atom is -0.316 e. The molecule has 2 fully saturated rings. The predicted octanol–water partition coefficient (Wildman–Crippen LogP) is 2.15. The number of hydrogen-bond acceptors (Lipinski definition) is 2. The average Bonchev–Trinajstić information content (AvgIpc) is 2.24. The van der Waals surface area contributed by atoms with Gasteiger partial charge in [0.25, 0.3) is 0 Å². The van der Waals surface area contributed by atoms with E-state index in [4.69, 9.17) is 0 Å². The Labute approximate surface area is 94.2 Å². The first-order valence-electron chi connectivity index (χ1n) is 6.74. The highest BCUT2D eigenvalue weighted by atomic mass is 15.0. The number of nitrogens with one attached hydrogen (secondary N) is 2. The lowest BCUT2D eigenvalue weighted by atomic mass is 9.84. The summed E-state index contributed by atoms with van der Waals surface area (Å²) < 4.78 is 0. The van der Waals surface area contributed by atoms with Gasteiger partial charge in [-0.25, -0.2) is 0 Å². The van der Waals surface area contributed by atoms with Crippen molar-refractivity contribution < 1.29 is 0 Å². The molecule has 2 N–H and O–H groups in total. The lowest BCUT2D eigenvalue weighted by molar-refractivity contribution is 0.208. The zero-order valence-corrected chi connectivity index (χ0v) is 10.3. The van der Waals surface area contributed by atoms with Gasteiger partial charge in [-0.15, -0.1) is 0 Å². The van der Waals surface area contributed by atoms with E-state index in [1.165, 1.54) is 45.2 Å². The van der Waals surface area contributed by atoms with E-state index in [0.29, 0.717) is 0 Å². The van der Waals surface area contributed by atoms with Crippen LogP contribution in [0.1, 0.15) is 46.0 Å². The fraction of sp³-hybridized carbons (Fsp3) is 1.00. The van der Waals surface area contributed by atoms with Crippen LogP contribution < -0.4 is 10.6 Å². The first-order valence-corrected chi connectivity index (χ1v) is 6.74. The summed E-state index contributed by atoms with van der Waals surface area (Å²) in [5.41, 5.74) is 0. The second-order valence-corrected chi connectivity index (χ2v) is 5.61. The maximum Gasteiger partial charge on any atom is 0.0120 e. The monoisotopic (exact) mass is 210 g/mol. The van der Waals surface area contributed by atoms with Gasteiger partial charge >= 0.3 is 0 Å². The van der Waals surface area contributed by atoms with Crippen molar-refractivity contribution in [3.05, 3.63) is 0 Å². The largest absolute Gasteiger partial charge is 0.316 e. The molecule has 15 heavy (non-hydrogen) atoms. The third kappa shape index (κ3) is 2.94. The van der Waals surface area contributed by atoms with Crippen LogP contribution in [0.25, 0.3) is 0 Å². The van der Waals surface area contributed by atoms with Crippen LogP contribution in [-0.4, -0.2) is 25.2 Å².